The largest absolute Gasteiger partial charge is 0.492 e. The summed E-state index contributed by atoms with van der Waals surface area (Å²) in [6.45, 7) is 3.09. The van der Waals surface area contributed by atoms with Gasteiger partial charge in [-0.1, -0.05) is 6.07 Å². The van der Waals surface area contributed by atoms with E-state index in [1.165, 1.54) is 10.6 Å². The Morgan fingerprint density at radius 2 is 2.09 bits per heavy atom. The first-order valence-corrected chi connectivity index (χ1v) is 9.53. The molecule has 126 valence electrons. The average Bonchev–Trinajstić information content (AvgIpc) is 2.54. The molecule has 0 aromatic heterocycles. The molecule has 23 heavy (non-hydrogen) atoms. The van der Waals surface area contributed by atoms with Crippen LogP contribution in [0.3, 0.4) is 0 Å². The van der Waals surface area contributed by atoms with Crippen LogP contribution in [0.5, 0.6) is 5.75 Å². The van der Waals surface area contributed by atoms with Crippen molar-refractivity contribution in [2.24, 2.45) is 0 Å². The molecule has 1 saturated heterocycles. The van der Waals surface area contributed by atoms with E-state index in [9.17, 15) is 8.42 Å². The van der Waals surface area contributed by atoms with Gasteiger partial charge in [-0.15, -0.1) is 0 Å². The van der Waals surface area contributed by atoms with Crippen LogP contribution in [-0.4, -0.2) is 63.2 Å². The number of rotatable bonds is 6. The highest BCUT2D eigenvalue weighted by Gasteiger charge is 2.26. The molecule has 1 aliphatic heterocycles. The maximum absolute atomic E-state index is 11.6. The number of likely N-dealkylation sites (tertiary alicyclic amines) is 1. The van der Waals surface area contributed by atoms with E-state index in [0.29, 0.717) is 17.9 Å². The number of nitrogens with zero attached hydrogens (tertiary/aromatic N) is 3. The van der Waals surface area contributed by atoms with Gasteiger partial charge >= 0.3 is 0 Å². The summed E-state index contributed by atoms with van der Waals surface area (Å²) in [7, 11) is -1.46. The highest BCUT2D eigenvalue weighted by Crippen LogP contribution is 2.18. The summed E-state index contributed by atoms with van der Waals surface area (Å²) in [5.74, 6) is 0.704. The maximum Gasteiger partial charge on any atom is 0.211 e. The molecular weight excluding hydrogens is 314 g/mol. The smallest absolute Gasteiger partial charge is 0.211 e. The summed E-state index contributed by atoms with van der Waals surface area (Å²) in [6.07, 6.45) is 2.93. The molecule has 0 amide bonds. The molecule has 0 aliphatic carbocycles. The lowest BCUT2D eigenvalue weighted by molar-refractivity contribution is 0.146. The van der Waals surface area contributed by atoms with Gasteiger partial charge in [0.15, 0.2) is 0 Å². The van der Waals surface area contributed by atoms with Crippen LogP contribution in [0.15, 0.2) is 24.3 Å². The fraction of sp³-hybridized carbons (Fsp3) is 0.562. The van der Waals surface area contributed by atoms with Crippen molar-refractivity contribution in [1.29, 1.82) is 5.26 Å². The van der Waals surface area contributed by atoms with Gasteiger partial charge in [-0.25, -0.2) is 12.7 Å². The van der Waals surface area contributed by atoms with E-state index in [1.807, 2.05) is 6.07 Å². The summed E-state index contributed by atoms with van der Waals surface area (Å²) < 4.78 is 30.3. The normalized spacial score (nSPS) is 17.1. The van der Waals surface area contributed by atoms with Crippen molar-refractivity contribution in [3.63, 3.8) is 0 Å². The second-order valence-corrected chi connectivity index (χ2v) is 7.88. The molecule has 1 aromatic carbocycles. The van der Waals surface area contributed by atoms with E-state index in [2.05, 4.69) is 11.0 Å². The quantitative estimate of drug-likeness (QED) is 0.782. The Kier molecular flexibility index (Phi) is 5.99. The van der Waals surface area contributed by atoms with Gasteiger partial charge < -0.3 is 4.74 Å². The first-order valence-electron chi connectivity index (χ1n) is 7.68. The second-order valence-electron chi connectivity index (χ2n) is 5.84. The first kappa shape index (κ1) is 17.7. The topological polar surface area (TPSA) is 73.6 Å². The molecule has 1 aromatic rings. The summed E-state index contributed by atoms with van der Waals surface area (Å²) in [6, 6.07) is 9.31. The molecule has 0 spiro atoms. The zero-order valence-corrected chi connectivity index (χ0v) is 14.4. The third-order valence-electron chi connectivity index (χ3n) is 4.23. The highest BCUT2D eigenvalue weighted by molar-refractivity contribution is 7.88. The van der Waals surface area contributed by atoms with Crippen molar-refractivity contribution in [2.75, 3.05) is 39.5 Å². The minimum atomic E-state index is -3.12. The van der Waals surface area contributed by atoms with Crippen LogP contribution in [-0.2, 0) is 10.0 Å². The molecule has 6 nitrogen and oxygen atoms in total. The van der Waals surface area contributed by atoms with Crippen molar-refractivity contribution in [2.45, 2.75) is 18.9 Å². The molecule has 1 heterocycles. The van der Waals surface area contributed by atoms with Crippen LogP contribution in [0.4, 0.5) is 0 Å². The van der Waals surface area contributed by atoms with E-state index >= 15 is 0 Å². The van der Waals surface area contributed by atoms with Crippen LogP contribution < -0.4 is 4.74 Å². The number of nitriles is 1. The highest BCUT2D eigenvalue weighted by atomic mass is 32.2. The van der Waals surface area contributed by atoms with Crippen molar-refractivity contribution in [3.8, 4) is 11.8 Å². The van der Waals surface area contributed by atoms with Gasteiger partial charge in [-0.3, -0.25) is 4.90 Å². The van der Waals surface area contributed by atoms with Crippen LogP contribution in [0.25, 0.3) is 0 Å². The fourth-order valence-corrected chi connectivity index (χ4v) is 3.48. The lowest BCUT2D eigenvalue weighted by Crippen LogP contribution is -2.46. The number of sulfonamides is 1. The van der Waals surface area contributed by atoms with E-state index in [1.54, 1.807) is 25.2 Å². The van der Waals surface area contributed by atoms with Crippen LogP contribution >= 0.6 is 0 Å². The Hall–Kier alpha value is -1.62. The predicted octanol–water partition coefficient (Wildman–Crippen LogP) is 1.29. The molecular formula is C16H23N3O3S. The van der Waals surface area contributed by atoms with Crippen molar-refractivity contribution >= 4 is 10.0 Å². The molecule has 0 bridgehead atoms. The van der Waals surface area contributed by atoms with Gasteiger partial charge in [0, 0.05) is 19.6 Å². The lowest BCUT2D eigenvalue weighted by Gasteiger charge is -2.35. The minimum Gasteiger partial charge on any atom is -0.492 e. The lowest BCUT2D eigenvalue weighted by atomic mass is 10.1. The van der Waals surface area contributed by atoms with Crippen molar-refractivity contribution < 1.29 is 13.2 Å². The molecule has 0 saturated carbocycles. The Balaban J connectivity index is 1.74. The van der Waals surface area contributed by atoms with E-state index < -0.39 is 10.0 Å². The van der Waals surface area contributed by atoms with Gasteiger partial charge in [0.05, 0.1) is 17.9 Å². The Morgan fingerprint density at radius 3 is 2.70 bits per heavy atom. The van der Waals surface area contributed by atoms with Crippen LogP contribution in [0.1, 0.15) is 18.4 Å². The van der Waals surface area contributed by atoms with Gasteiger partial charge in [-0.05, 0) is 44.1 Å². The molecule has 0 atom stereocenters. The number of piperidine rings is 1. The van der Waals surface area contributed by atoms with E-state index in [-0.39, 0.29) is 6.04 Å². The zero-order valence-electron chi connectivity index (χ0n) is 13.6. The Labute approximate surface area is 138 Å². The predicted molar refractivity (Wildman–Crippen MR) is 88.7 cm³/mol. The van der Waals surface area contributed by atoms with E-state index in [4.69, 9.17) is 10.00 Å². The van der Waals surface area contributed by atoms with Crippen molar-refractivity contribution in [1.82, 2.24) is 9.21 Å². The second kappa shape index (κ2) is 7.77. The number of hydrogen-bond donors (Lipinski definition) is 0. The minimum absolute atomic E-state index is 0.0921. The van der Waals surface area contributed by atoms with Gasteiger partial charge in [0.25, 0.3) is 0 Å². The first-order chi connectivity index (χ1) is 10.9. The molecule has 0 radical (unpaired) electrons. The monoisotopic (exact) mass is 337 g/mol. The number of hydrogen-bond acceptors (Lipinski definition) is 5. The average molecular weight is 337 g/mol. The Morgan fingerprint density at radius 1 is 1.39 bits per heavy atom. The zero-order chi connectivity index (χ0) is 16.9. The summed E-state index contributed by atoms with van der Waals surface area (Å²) in [4.78, 5) is 2.28. The van der Waals surface area contributed by atoms with Gasteiger partial charge in [-0.2, -0.15) is 5.26 Å². The summed E-state index contributed by atoms with van der Waals surface area (Å²) in [5, 5.41) is 8.86. The van der Waals surface area contributed by atoms with Gasteiger partial charge in [0.1, 0.15) is 12.4 Å². The fourth-order valence-electron chi connectivity index (χ4n) is 2.73. The molecule has 0 N–H and O–H groups in total. The Bertz CT molecular complexity index is 661. The van der Waals surface area contributed by atoms with E-state index in [0.717, 1.165) is 32.5 Å². The van der Waals surface area contributed by atoms with Gasteiger partial charge in [0.2, 0.25) is 10.0 Å². The standard InChI is InChI=1S/C16H23N3O3S/c1-18(23(2,20)21)15-6-8-19(9-7-15)10-11-22-16-5-3-4-14(12-16)13-17/h3-5,12,15H,6-11H2,1-2H3. The molecule has 0 unspecified atom stereocenters. The summed E-state index contributed by atoms with van der Waals surface area (Å²) >= 11 is 0. The number of benzene rings is 1. The third-order valence-corrected chi connectivity index (χ3v) is 5.58. The SMILES string of the molecule is CN(C1CCN(CCOc2cccc(C#N)c2)CC1)S(C)(=O)=O. The maximum atomic E-state index is 11.6. The molecule has 1 aliphatic rings. The molecule has 7 heteroatoms. The summed E-state index contributed by atoms with van der Waals surface area (Å²) in [5.41, 5.74) is 0.590. The van der Waals surface area contributed by atoms with Crippen molar-refractivity contribution in [3.05, 3.63) is 29.8 Å². The van der Waals surface area contributed by atoms with Crippen LogP contribution in [0, 0.1) is 11.3 Å². The van der Waals surface area contributed by atoms with Crippen LogP contribution in [0.2, 0.25) is 0 Å². The number of ether oxygens (including phenoxy) is 1. The molecule has 1 fully saturated rings. The molecule has 2 rings (SSSR count). The third kappa shape index (κ3) is 5.20.